The minimum atomic E-state index is -0.158. The highest BCUT2D eigenvalue weighted by Gasteiger charge is 2.50. The summed E-state index contributed by atoms with van der Waals surface area (Å²) in [6, 6.07) is 12.0. The highest BCUT2D eigenvalue weighted by Crippen LogP contribution is 2.50. The third-order valence-electron chi connectivity index (χ3n) is 4.87. The summed E-state index contributed by atoms with van der Waals surface area (Å²) in [4.78, 5) is 19.2. The van der Waals surface area contributed by atoms with Gasteiger partial charge in [-0.2, -0.15) is 0 Å². The Hall–Kier alpha value is -2.16. The molecule has 2 aliphatic rings. The molecule has 3 nitrogen and oxygen atoms in total. The predicted octanol–water partition coefficient (Wildman–Crippen LogP) is 3.90. The highest BCUT2D eigenvalue weighted by atomic mass is 16.2. The van der Waals surface area contributed by atoms with Gasteiger partial charge in [0.1, 0.15) is 0 Å². The largest absolute Gasteiger partial charge is 0.297 e. The van der Waals surface area contributed by atoms with Crippen molar-refractivity contribution in [2.75, 3.05) is 4.90 Å². The molecule has 0 radical (unpaired) electrons. The Morgan fingerprint density at radius 2 is 1.81 bits per heavy atom. The van der Waals surface area contributed by atoms with Crippen LogP contribution in [0.25, 0.3) is 0 Å². The monoisotopic (exact) mass is 278 g/mol. The number of pyridine rings is 1. The van der Waals surface area contributed by atoms with Crippen LogP contribution in [-0.2, 0) is 5.54 Å². The van der Waals surface area contributed by atoms with Crippen molar-refractivity contribution in [2.24, 2.45) is 0 Å². The van der Waals surface area contributed by atoms with E-state index in [4.69, 9.17) is 0 Å². The van der Waals surface area contributed by atoms with Crippen molar-refractivity contribution < 1.29 is 4.79 Å². The molecule has 1 aromatic heterocycles. The summed E-state index contributed by atoms with van der Waals surface area (Å²) in [7, 11) is 0. The Morgan fingerprint density at radius 1 is 1.00 bits per heavy atom. The quantitative estimate of drug-likeness (QED) is 0.792. The highest BCUT2D eigenvalue weighted by molar-refractivity contribution is 6.12. The minimum absolute atomic E-state index is 0.125. The van der Waals surface area contributed by atoms with E-state index < -0.39 is 0 Å². The number of carbonyl (C=O) groups is 1. The average Bonchev–Trinajstić information content (AvgIpc) is 2.79. The van der Waals surface area contributed by atoms with E-state index in [9.17, 15) is 4.79 Å². The van der Waals surface area contributed by atoms with Crippen molar-refractivity contribution in [3.05, 3.63) is 59.9 Å². The zero-order valence-corrected chi connectivity index (χ0v) is 12.0. The van der Waals surface area contributed by atoms with Gasteiger partial charge < -0.3 is 0 Å². The van der Waals surface area contributed by atoms with E-state index in [1.165, 1.54) is 24.8 Å². The van der Waals surface area contributed by atoms with Gasteiger partial charge in [-0.3, -0.25) is 14.7 Å². The van der Waals surface area contributed by atoms with E-state index in [1.54, 1.807) is 12.4 Å². The summed E-state index contributed by atoms with van der Waals surface area (Å²) in [6.07, 6.45) is 9.27. The first kappa shape index (κ1) is 12.6. The second-order valence-corrected chi connectivity index (χ2v) is 5.99. The fraction of sp³-hybridized carbons (Fsp3) is 0.333. The molecule has 1 aliphatic heterocycles. The van der Waals surface area contributed by atoms with Gasteiger partial charge in [-0.1, -0.05) is 37.5 Å². The number of rotatable bonds is 1. The molecule has 21 heavy (non-hydrogen) atoms. The first-order valence-electron chi connectivity index (χ1n) is 7.67. The van der Waals surface area contributed by atoms with E-state index >= 15 is 0 Å². The number of carbonyl (C=O) groups excluding carboxylic acids is 1. The fourth-order valence-electron chi connectivity index (χ4n) is 3.99. The summed E-state index contributed by atoms with van der Waals surface area (Å²) < 4.78 is 0. The van der Waals surface area contributed by atoms with Crippen LogP contribution in [0.2, 0.25) is 0 Å². The number of hydrogen-bond donors (Lipinski definition) is 0. The lowest BCUT2D eigenvalue weighted by atomic mass is 9.76. The van der Waals surface area contributed by atoms with E-state index in [-0.39, 0.29) is 11.4 Å². The fourth-order valence-corrected chi connectivity index (χ4v) is 3.99. The van der Waals surface area contributed by atoms with Crippen LogP contribution in [0.3, 0.4) is 0 Å². The van der Waals surface area contributed by atoms with Crippen LogP contribution in [0.15, 0.2) is 48.8 Å². The van der Waals surface area contributed by atoms with Crippen molar-refractivity contribution in [1.29, 1.82) is 0 Å². The number of fused-ring (bicyclic) bond motifs is 2. The van der Waals surface area contributed by atoms with Crippen LogP contribution in [0, 0.1) is 0 Å². The van der Waals surface area contributed by atoms with Gasteiger partial charge in [0.15, 0.2) is 0 Å². The van der Waals surface area contributed by atoms with E-state index in [0.29, 0.717) is 0 Å². The van der Waals surface area contributed by atoms with Crippen molar-refractivity contribution in [3.8, 4) is 0 Å². The molecule has 3 heteroatoms. The normalized spacial score (nSPS) is 19.8. The molecule has 2 aromatic rings. The Labute approximate surface area is 124 Å². The smallest absolute Gasteiger partial charge is 0.259 e. The van der Waals surface area contributed by atoms with Crippen LogP contribution < -0.4 is 4.90 Å². The van der Waals surface area contributed by atoms with Crippen LogP contribution in [0.5, 0.6) is 0 Å². The Morgan fingerprint density at radius 3 is 2.57 bits per heavy atom. The number of nitrogens with zero attached hydrogens (tertiary/aromatic N) is 2. The topological polar surface area (TPSA) is 33.2 Å². The van der Waals surface area contributed by atoms with Gasteiger partial charge in [0.05, 0.1) is 17.4 Å². The predicted molar refractivity (Wildman–Crippen MR) is 82.3 cm³/mol. The molecule has 1 saturated carbocycles. The molecule has 0 atom stereocenters. The summed E-state index contributed by atoms with van der Waals surface area (Å²) in [5, 5.41) is 0. The van der Waals surface area contributed by atoms with Crippen molar-refractivity contribution in [1.82, 2.24) is 4.98 Å². The van der Waals surface area contributed by atoms with Crippen LogP contribution >= 0.6 is 0 Å². The summed E-state index contributed by atoms with van der Waals surface area (Å²) in [5.41, 5.74) is 2.83. The van der Waals surface area contributed by atoms with E-state index in [1.807, 2.05) is 29.2 Å². The van der Waals surface area contributed by atoms with Crippen molar-refractivity contribution in [3.63, 3.8) is 0 Å². The number of amides is 1. The van der Waals surface area contributed by atoms with Gasteiger partial charge in [-0.25, -0.2) is 0 Å². The Bertz CT molecular complexity index is 675. The maximum atomic E-state index is 13.0. The van der Waals surface area contributed by atoms with Gasteiger partial charge in [0, 0.05) is 11.8 Å². The lowest BCUT2D eigenvalue weighted by Gasteiger charge is -2.42. The second-order valence-electron chi connectivity index (χ2n) is 5.99. The first-order valence-corrected chi connectivity index (χ1v) is 7.67. The van der Waals surface area contributed by atoms with Crippen LogP contribution in [0.4, 0.5) is 5.69 Å². The van der Waals surface area contributed by atoms with E-state index in [0.717, 1.165) is 24.1 Å². The maximum Gasteiger partial charge on any atom is 0.259 e. The molecule has 1 aliphatic carbocycles. The molecular weight excluding hydrogens is 260 g/mol. The Kier molecular flexibility index (Phi) is 2.81. The molecule has 1 aromatic carbocycles. The van der Waals surface area contributed by atoms with Gasteiger partial charge in [-0.15, -0.1) is 0 Å². The number of benzene rings is 1. The molecule has 0 unspecified atom stereocenters. The average molecular weight is 278 g/mol. The van der Waals surface area contributed by atoms with E-state index in [2.05, 4.69) is 17.1 Å². The lowest BCUT2D eigenvalue weighted by Crippen LogP contribution is -2.45. The minimum Gasteiger partial charge on any atom is -0.297 e. The number of hydrogen-bond acceptors (Lipinski definition) is 2. The van der Waals surface area contributed by atoms with Crippen LogP contribution in [-0.4, -0.2) is 10.9 Å². The standard InChI is InChI=1S/C18H18N2O/c21-17-15-8-2-3-9-16(15)18(10-4-1-5-11-18)20(17)14-7-6-12-19-13-14/h2-3,6-9,12-13H,1,4-5,10-11H2. The summed E-state index contributed by atoms with van der Waals surface area (Å²) in [6.45, 7) is 0. The van der Waals surface area contributed by atoms with Gasteiger partial charge in [0.25, 0.3) is 5.91 Å². The third kappa shape index (κ3) is 1.73. The molecule has 1 fully saturated rings. The molecule has 0 bridgehead atoms. The summed E-state index contributed by atoms with van der Waals surface area (Å²) in [5.74, 6) is 0.125. The van der Waals surface area contributed by atoms with Crippen molar-refractivity contribution >= 4 is 11.6 Å². The molecular formula is C18H18N2O. The maximum absolute atomic E-state index is 13.0. The number of aromatic nitrogens is 1. The third-order valence-corrected chi connectivity index (χ3v) is 4.87. The SMILES string of the molecule is O=C1c2ccccc2C2(CCCCC2)N1c1cccnc1. The number of anilines is 1. The molecule has 2 heterocycles. The zero-order valence-electron chi connectivity index (χ0n) is 12.0. The second kappa shape index (κ2) is 4.69. The Balaban J connectivity index is 1.92. The molecule has 0 saturated heterocycles. The molecule has 0 N–H and O–H groups in total. The molecule has 106 valence electrons. The van der Waals surface area contributed by atoms with Crippen molar-refractivity contribution in [2.45, 2.75) is 37.6 Å². The molecule has 1 amide bonds. The lowest BCUT2D eigenvalue weighted by molar-refractivity contribution is 0.0965. The van der Waals surface area contributed by atoms with Gasteiger partial charge in [-0.05, 0) is 36.6 Å². The van der Waals surface area contributed by atoms with Gasteiger partial charge >= 0.3 is 0 Å². The van der Waals surface area contributed by atoms with Gasteiger partial charge in [0.2, 0.25) is 0 Å². The zero-order chi connectivity index (χ0) is 14.3. The van der Waals surface area contributed by atoms with Crippen LogP contribution in [0.1, 0.15) is 48.0 Å². The molecule has 1 spiro atoms. The first-order chi connectivity index (χ1) is 10.3. The summed E-state index contributed by atoms with van der Waals surface area (Å²) >= 11 is 0. The molecule has 4 rings (SSSR count).